The van der Waals surface area contributed by atoms with Gasteiger partial charge in [-0.1, -0.05) is 55.8 Å². The fraction of sp³-hybridized carbons (Fsp3) is 0.324. The van der Waals surface area contributed by atoms with Gasteiger partial charge in [0.05, 0.1) is 0 Å². The zero-order valence-corrected chi connectivity index (χ0v) is 26.4. The number of primary amides is 1. The molecule has 0 radical (unpaired) electrons. The van der Waals surface area contributed by atoms with Gasteiger partial charge in [0, 0.05) is 36.8 Å². The quantitative estimate of drug-likeness (QED) is 0.365. The third-order valence-electron chi connectivity index (χ3n) is 8.55. The van der Waals surface area contributed by atoms with Crippen molar-refractivity contribution >= 4 is 39.6 Å². The molecule has 2 aliphatic heterocycles. The average Bonchev–Trinajstić information content (AvgIpc) is 3.31. The van der Waals surface area contributed by atoms with Crippen LogP contribution in [0.25, 0.3) is 17.2 Å². The molecule has 44 heavy (non-hydrogen) atoms. The summed E-state index contributed by atoms with van der Waals surface area (Å²) < 4.78 is 28.0. The SMILES string of the molecule is CCCc1ccc(-c2cccc(C3=NC4(CCN(S(=O)(=O)C=Cc5c(C)cc(N(C)C(N)=O)cc5C)CC4)C(=O)N3)c2)cc1. The Labute approximate surface area is 259 Å². The van der Waals surface area contributed by atoms with Crippen LogP contribution in [0.3, 0.4) is 0 Å². The summed E-state index contributed by atoms with van der Waals surface area (Å²) in [5, 5.41) is 4.17. The van der Waals surface area contributed by atoms with Crippen LogP contribution in [0, 0.1) is 13.8 Å². The van der Waals surface area contributed by atoms with Gasteiger partial charge in [0.2, 0.25) is 10.0 Å². The maximum atomic E-state index is 13.3. The van der Waals surface area contributed by atoms with Crippen molar-refractivity contribution in [2.75, 3.05) is 25.0 Å². The Morgan fingerprint density at radius 3 is 2.27 bits per heavy atom. The van der Waals surface area contributed by atoms with E-state index in [1.807, 2.05) is 38.1 Å². The molecule has 1 spiro atoms. The standard InChI is InChI=1S/C34H39N5O4S/c1-5-7-25-10-12-26(13-11-25)27-8-6-9-28(22-27)31-36-32(40)34(37-31)15-17-39(18-16-34)44(42,43)19-14-30-23(2)20-29(21-24(30)3)38(4)33(35)41/h6,8-14,19-22H,5,7,15-18H2,1-4H3,(H2,35,41)(H,36,37,40). The van der Waals surface area contributed by atoms with E-state index >= 15 is 0 Å². The number of carbonyl (C=O) groups excluding carboxylic acids is 2. The van der Waals surface area contributed by atoms with Gasteiger partial charge in [-0.3, -0.25) is 14.7 Å². The lowest BCUT2D eigenvalue weighted by molar-refractivity contribution is -0.124. The van der Waals surface area contributed by atoms with Crippen LogP contribution in [0.5, 0.6) is 0 Å². The number of nitrogens with one attached hydrogen (secondary N) is 1. The van der Waals surface area contributed by atoms with Crippen molar-refractivity contribution in [1.29, 1.82) is 0 Å². The Balaban J connectivity index is 1.29. The number of amides is 3. The second-order valence-corrected chi connectivity index (χ2v) is 13.4. The zero-order valence-electron chi connectivity index (χ0n) is 25.6. The second-order valence-electron chi connectivity index (χ2n) is 11.6. The highest BCUT2D eigenvalue weighted by Crippen LogP contribution is 2.33. The molecule has 3 N–H and O–H groups in total. The minimum Gasteiger partial charge on any atom is -0.351 e. The van der Waals surface area contributed by atoms with Crippen molar-refractivity contribution in [2.45, 2.75) is 52.0 Å². The van der Waals surface area contributed by atoms with Crippen LogP contribution in [-0.2, 0) is 21.2 Å². The number of anilines is 1. The van der Waals surface area contributed by atoms with Crippen LogP contribution in [0.2, 0.25) is 0 Å². The van der Waals surface area contributed by atoms with E-state index in [9.17, 15) is 18.0 Å². The highest BCUT2D eigenvalue weighted by atomic mass is 32.2. The van der Waals surface area contributed by atoms with Crippen molar-refractivity contribution < 1.29 is 18.0 Å². The molecule has 2 aliphatic rings. The number of carbonyl (C=O) groups is 2. The molecule has 9 nitrogen and oxygen atoms in total. The summed E-state index contributed by atoms with van der Waals surface area (Å²) in [7, 11) is -2.15. The number of aryl methyl sites for hydroxylation is 3. The molecule has 0 atom stereocenters. The number of hydrogen-bond acceptors (Lipinski definition) is 5. The number of hydrogen-bond donors (Lipinski definition) is 2. The summed E-state index contributed by atoms with van der Waals surface area (Å²) in [6, 6.07) is 19.5. The van der Waals surface area contributed by atoms with E-state index in [1.165, 1.54) is 20.2 Å². The van der Waals surface area contributed by atoms with Gasteiger partial charge in [-0.05, 0) is 90.8 Å². The lowest BCUT2D eigenvalue weighted by Gasteiger charge is -2.34. The van der Waals surface area contributed by atoms with Crippen LogP contribution in [0.4, 0.5) is 10.5 Å². The van der Waals surface area contributed by atoms with Gasteiger partial charge < -0.3 is 11.1 Å². The zero-order chi connectivity index (χ0) is 31.6. The first kappa shape index (κ1) is 31.2. The number of nitrogens with two attached hydrogens (primary N) is 1. The molecule has 0 saturated carbocycles. The predicted octanol–water partition coefficient (Wildman–Crippen LogP) is 5.15. The maximum Gasteiger partial charge on any atom is 0.318 e. The molecule has 2 heterocycles. The summed E-state index contributed by atoms with van der Waals surface area (Å²) in [6.07, 6.45) is 4.32. The first-order chi connectivity index (χ1) is 20.9. The van der Waals surface area contributed by atoms with Crippen molar-refractivity contribution in [2.24, 2.45) is 10.7 Å². The Morgan fingerprint density at radius 2 is 1.66 bits per heavy atom. The third kappa shape index (κ3) is 6.32. The summed E-state index contributed by atoms with van der Waals surface area (Å²) in [5.41, 5.74) is 11.7. The molecule has 5 rings (SSSR count). The van der Waals surface area contributed by atoms with Gasteiger partial charge in [0.1, 0.15) is 11.4 Å². The van der Waals surface area contributed by atoms with Crippen molar-refractivity contribution in [3.63, 3.8) is 0 Å². The molecule has 3 aromatic rings. The molecule has 3 amide bonds. The molecule has 0 bridgehead atoms. The molecule has 0 aliphatic carbocycles. The smallest absolute Gasteiger partial charge is 0.318 e. The van der Waals surface area contributed by atoms with E-state index in [0.29, 0.717) is 24.4 Å². The average molecular weight is 614 g/mol. The number of benzene rings is 3. The fourth-order valence-electron chi connectivity index (χ4n) is 5.88. The highest BCUT2D eigenvalue weighted by molar-refractivity contribution is 7.92. The minimum absolute atomic E-state index is 0.182. The number of amidine groups is 1. The molecule has 0 aromatic heterocycles. The van der Waals surface area contributed by atoms with E-state index in [1.54, 1.807) is 25.3 Å². The largest absolute Gasteiger partial charge is 0.351 e. The number of aliphatic imine (C=N–C) groups is 1. The number of urea groups is 1. The third-order valence-corrected chi connectivity index (χ3v) is 10.1. The predicted molar refractivity (Wildman–Crippen MR) is 176 cm³/mol. The summed E-state index contributed by atoms with van der Waals surface area (Å²) in [6.45, 7) is 6.24. The van der Waals surface area contributed by atoms with Gasteiger partial charge in [0.15, 0.2) is 0 Å². The minimum atomic E-state index is -3.74. The van der Waals surface area contributed by atoms with E-state index in [0.717, 1.165) is 46.2 Å². The molecule has 10 heteroatoms. The monoisotopic (exact) mass is 613 g/mol. The maximum absolute atomic E-state index is 13.3. The second kappa shape index (κ2) is 12.4. The molecular weight excluding hydrogens is 574 g/mol. The van der Waals surface area contributed by atoms with E-state index in [4.69, 9.17) is 10.7 Å². The van der Waals surface area contributed by atoms with Gasteiger partial charge >= 0.3 is 6.03 Å². The Bertz CT molecular complexity index is 1730. The molecule has 230 valence electrons. The number of sulfonamides is 1. The Morgan fingerprint density at radius 1 is 1.02 bits per heavy atom. The van der Waals surface area contributed by atoms with Crippen LogP contribution in [-0.4, -0.2) is 56.2 Å². The van der Waals surface area contributed by atoms with E-state index in [2.05, 4.69) is 36.5 Å². The van der Waals surface area contributed by atoms with Crippen molar-refractivity contribution in [3.8, 4) is 11.1 Å². The lowest BCUT2D eigenvalue weighted by Crippen LogP contribution is -2.50. The van der Waals surface area contributed by atoms with Crippen LogP contribution in [0.1, 0.15) is 54.0 Å². The molecule has 1 saturated heterocycles. The normalized spacial score (nSPS) is 16.7. The van der Waals surface area contributed by atoms with Crippen LogP contribution < -0.4 is 16.0 Å². The van der Waals surface area contributed by atoms with Crippen molar-refractivity contribution in [1.82, 2.24) is 9.62 Å². The number of rotatable bonds is 8. The van der Waals surface area contributed by atoms with Gasteiger partial charge in [0.25, 0.3) is 5.91 Å². The number of nitrogens with zero attached hydrogens (tertiary/aromatic N) is 3. The van der Waals surface area contributed by atoms with Crippen molar-refractivity contribution in [3.05, 3.63) is 93.9 Å². The molecule has 1 fully saturated rings. The topological polar surface area (TPSA) is 125 Å². The Kier molecular flexibility index (Phi) is 8.76. The molecule has 3 aromatic carbocycles. The summed E-state index contributed by atoms with van der Waals surface area (Å²) in [4.78, 5) is 30.9. The Hall–Kier alpha value is -4.28. The van der Waals surface area contributed by atoms with Gasteiger partial charge in [-0.25, -0.2) is 13.2 Å². The lowest BCUT2D eigenvalue weighted by atomic mass is 9.89. The van der Waals surface area contributed by atoms with Crippen LogP contribution >= 0.6 is 0 Å². The van der Waals surface area contributed by atoms with E-state index < -0.39 is 21.6 Å². The van der Waals surface area contributed by atoms with Gasteiger partial charge in [-0.2, -0.15) is 4.31 Å². The summed E-state index contributed by atoms with van der Waals surface area (Å²) >= 11 is 0. The molecular formula is C34H39N5O4S. The highest BCUT2D eigenvalue weighted by Gasteiger charge is 2.47. The number of piperidine rings is 1. The fourth-order valence-corrected chi connectivity index (χ4v) is 7.05. The van der Waals surface area contributed by atoms with E-state index in [-0.39, 0.29) is 19.0 Å². The first-order valence-electron chi connectivity index (χ1n) is 14.9. The molecule has 0 unspecified atom stereocenters. The first-order valence-corrected chi connectivity index (χ1v) is 16.4. The van der Waals surface area contributed by atoms with Gasteiger partial charge in [-0.15, -0.1) is 0 Å². The summed E-state index contributed by atoms with van der Waals surface area (Å²) in [5.74, 6) is 0.328. The van der Waals surface area contributed by atoms with Crippen LogP contribution in [0.15, 0.2) is 71.1 Å².